The molecule has 2 heterocycles. The second kappa shape index (κ2) is 9.55. The molecule has 0 aliphatic carbocycles. The summed E-state index contributed by atoms with van der Waals surface area (Å²) in [6, 6.07) is 19.5. The van der Waals surface area contributed by atoms with Crippen LogP contribution in [0.4, 0.5) is 0 Å². The van der Waals surface area contributed by atoms with Crippen molar-refractivity contribution < 1.29 is 14.1 Å². The molecule has 1 saturated heterocycles. The summed E-state index contributed by atoms with van der Waals surface area (Å²) in [6.07, 6.45) is 1.30. The maximum absolute atomic E-state index is 12.7. The number of aromatic nitrogens is 2. The van der Waals surface area contributed by atoms with E-state index >= 15 is 0 Å². The highest BCUT2D eigenvalue weighted by molar-refractivity contribution is 5.80. The van der Waals surface area contributed by atoms with Gasteiger partial charge in [-0.25, -0.2) is 0 Å². The van der Waals surface area contributed by atoms with E-state index in [9.17, 15) is 9.59 Å². The normalized spacial score (nSPS) is 16.4. The Hall–Kier alpha value is -3.48. The van der Waals surface area contributed by atoms with Crippen molar-refractivity contribution in [2.75, 3.05) is 19.6 Å². The van der Waals surface area contributed by atoms with Crippen molar-refractivity contribution in [1.29, 1.82) is 0 Å². The lowest BCUT2D eigenvalue weighted by atomic mass is 10.1. The topological polar surface area (TPSA) is 79.5 Å². The van der Waals surface area contributed by atoms with Gasteiger partial charge in [0, 0.05) is 37.7 Å². The van der Waals surface area contributed by atoms with Crippen molar-refractivity contribution in [2.45, 2.75) is 32.2 Å². The molecule has 0 N–H and O–H groups in total. The molecule has 1 aliphatic rings. The second-order valence-corrected chi connectivity index (χ2v) is 7.82. The fraction of sp³-hybridized carbons (Fsp3) is 0.333. The standard InChI is InChI=1S/C24H26N4O3/c1-18-17-27(14-15-28(18)22(29)13-12-19-8-4-2-5-9-19)23(30)16-21-25-24(31-26-21)20-10-6-3-7-11-20/h2-11,18H,12-17H2,1H3. The number of piperazine rings is 1. The molecule has 3 aromatic rings. The highest BCUT2D eigenvalue weighted by Gasteiger charge is 2.30. The average molecular weight is 418 g/mol. The van der Waals surface area contributed by atoms with Crippen molar-refractivity contribution in [3.8, 4) is 11.5 Å². The predicted octanol–water partition coefficient (Wildman–Crippen LogP) is 2.97. The van der Waals surface area contributed by atoms with E-state index in [1.807, 2.05) is 72.5 Å². The van der Waals surface area contributed by atoms with Crippen molar-refractivity contribution in [3.63, 3.8) is 0 Å². The van der Waals surface area contributed by atoms with E-state index in [4.69, 9.17) is 4.52 Å². The predicted molar refractivity (Wildman–Crippen MR) is 116 cm³/mol. The van der Waals surface area contributed by atoms with Gasteiger partial charge in [0.2, 0.25) is 11.8 Å². The molecule has 0 spiro atoms. The molecule has 1 aliphatic heterocycles. The molecule has 1 aromatic heterocycles. The maximum Gasteiger partial charge on any atom is 0.257 e. The summed E-state index contributed by atoms with van der Waals surface area (Å²) < 4.78 is 5.29. The molecule has 1 atom stereocenters. The largest absolute Gasteiger partial charge is 0.338 e. The lowest BCUT2D eigenvalue weighted by Gasteiger charge is -2.40. The number of carbonyl (C=O) groups is 2. The Morgan fingerprint density at radius 2 is 1.71 bits per heavy atom. The number of carbonyl (C=O) groups excluding carboxylic acids is 2. The van der Waals surface area contributed by atoms with Crippen molar-refractivity contribution >= 4 is 11.8 Å². The summed E-state index contributed by atoms with van der Waals surface area (Å²) in [7, 11) is 0. The minimum atomic E-state index is -0.0522. The SMILES string of the molecule is CC1CN(C(=O)Cc2noc(-c3ccccc3)n2)CCN1C(=O)CCc1ccccc1. The average Bonchev–Trinajstić information content (AvgIpc) is 3.27. The van der Waals surface area contributed by atoms with Crippen LogP contribution in [0.5, 0.6) is 0 Å². The number of aryl methyl sites for hydroxylation is 1. The van der Waals surface area contributed by atoms with Gasteiger partial charge in [-0.1, -0.05) is 53.7 Å². The number of nitrogens with zero attached hydrogens (tertiary/aromatic N) is 4. The number of amides is 2. The molecule has 0 radical (unpaired) electrons. The Morgan fingerprint density at radius 3 is 2.42 bits per heavy atom. The van der Waals surface area contributed by atoms with Crippen LogP contribution in [0.15, 0.2) is 65.2 Å². The van der Waals surface area contributed by atoms with E-state index in [0.29, 0.717) is 37.8 Å². The Balaban J connectivity index is 1.29. The minimum Gasteiger partial charge on any atom is -0.338 e. The van der Waals surface area contributed by atoms with Gasteiger partial charge in [0.05, 0.1) is 6.42 Å². The van der Waals surface area contributed by atoms with E-state index in [-0.39, 0.29) is 24.3 Å². The Morgan fingerprint density at radius 1 is 1.00 bits per heavy atom. The van der Waals surface area contributed by atoms with Crippen molar-refractivity contribution in [3.05, 3.63) is 72.1 Å². The van der Waals surface area contributed by atoms with Gasteiger partial charge in [0.25, 0.3) is 5.89 Å². The molecule has 1 unspecified atom stereocenters. The Bertz CT molecular complexity index is 1020. The smallest absolute Gasteiger partial charge is 0.257 e. The van der Waals surface area contributed by atoms with Gasteiger partial charge >= 0.3 is 0 Å². The van der Waals surface area contributed by atoms with Gasteiger partial charge in [-0.3, -0.25) is 9.59 Å². The van der Waals surface area contributed by atoms with Crippen LogP contribution in [0, 0.1) is 0 Å². The molecule has 0 bridgehead atoms. The molecular formula is C24H26N4O3. The van der Waals surface area contributed by atoms with Crippen LogP contribution in [0.25, 0.3) is 11.5 Å². The van der Waals surface area contributed by atoms with Crippen LogP contribution in [-0.2, 0) is 22.4 Å². The van der Waals surface area contributed by atoms with E-state index in [2.05, 4.69) is 10.1 Å². The molecular weight excluding hydrogens is 392 g/mol. The molecule has 4 rings (SSSR count). The second-order valence-electron chi connectivity index (χ2n) is 7.82. The fourth-order valence-corrected chi connectivity index (χ4v) is 3.87. The maximum atomic E-state index is 12.7. The molecule has 7 nitrogen and oxygen atoms in total. The van der Waals surface area contributed by atoms with Gasteiger partial charge in [0.15, 0.2) is 5.82 Å². The molecule has 2 aromatic carbocycles. The van der Waals surface area contributed by atoms with Gasteiger partial charge < -0.3 is 14.3 Å². The first-order chi connectivity index (χ1) is 15.1. The summed E-state index contributed by atoms with van der Waals surface area (Å²) in [5.74, 6) is 0.862. The molecule has 2 amide bonds. The zero-order valence-electron chi connectivity index (χ0n) is 17.6. The van der Waals surface area contributed by atoms with E-state index in [1.165, 1.54) is 0 Å². The number of hydrogen-bond donors (Lipinski definition) is 0. The minimum absolute atomic E-state index is 0.0221. The van der Waals surface area contributed by atoms with Crippen LogP contribution >= 0.6 is 0 Å². The summed E-state index contributed by atoms with van der Waals surface area (Å²) in [6.45, 7) is 3.56. The zero-order valence-corrected chi connectivity index (χ0v) is 17.6. The molecule has 160 valence electrons. The quantitative estimate of drug-likeness (QED) is 0.615. The molecule has 7 heteroatoms. The summed E-state index contributed by atoms with van der Waals surface area (Å²) >= 11 is 0. The summed E-state index contributed by atoms with van der Waals surface area (Å²) in [4.78, 5) is 33.4. The first-order valence-corrected chi connectivity index (χ1v) is 10.6. The highest BCUT2D eigenvalue weighted by Crippen LogP contribution is 2.17. The third-order valence-corrected chi connectivity index (χ3v) is 5.57. The van der Waals surface area contributed by atoms with E-state index in [0.717, 1.165) is 17.5 Å². The monoisotopic (exact) mass is 418 g/mol. The lowest BCUT2D eigenvalue weighted by molar-refractivity contribution is -0.142. The first-order valence-electron chi connectivity index (χ1n) is 10.6. The van der Waals surface area contributed by atoms with Crippen LogP contribution in [-0.4, -0.2) is 57.4 Å². The Kier molecular flexibility index (Phi) is 6.40. The van der Waals surface area contributed by atoms with E-state index in [1.54, 1.807) is 4.90 Å². The van der Waals surface area contributed by atoms with Crippen LogP contribution in [0.2, 0.25) is 0 Å². The van der Waals surface area contributed by atoms with Crippen molar-refractivity contribution in [1.82, 2.24) is 19.9 Å². The third kappa shape index (κ3) is 5.17. The van der Waals surface area contributed by atoms with Gasteiger partial charge in [-0.05, 0) is 31.0 Å². The van der Waals surface area contributed by atoms with Crippen LogP contribution in [0.3, 0.4) is 0 Å². The summed E-state index contributed by atoms with van der Waals surface area (Å²) in [5, 5.41) is 3.94. The van der Waals surface area contributed by atoms with Gasteiger partial charge in [0.1, 0.15) is 0 Å². The van der Waals surface area contributed by atoms with Crippen LogP contribution < -0.4 is 0 Å². The number of rotatable bonds is 6. The molecule has 1 fully saturated rings. The van der Waals surface area contributed by atoms with Crippen LogP contribution in [0.1, 0.15) is 24.7 Å². The van der Waals surface area contributed by atoms with Crippen molar-refractivity contribution in [2.24, 2.45) is 0 Å². The summed E-state index contributed by atoms with van der Waals surface area (Å²) in [5.41, 5.74) is 1.98. The molecule has 0 saturated carbocycles. The first kappa shape index (κ1) is 20.8. The zero-order chi connectivity index (χ0) is 21.6. The van der Waals surface area contributed by atoms with Gasteiger partial charge in [-0.15, -0.1) is 0 Å². The number of benzene rings is 2. The lowest BCUT2D eigenvalue weighted by Crippen LogP contribution is -2.55. The van der Waals surface area contributed by atoms with E-state index < -0.39 is 0 Å². The third-order valence-electron chi connectivity index (χ3n) is 5.57. The number of hydrogen-bond acceptors (Lipinski definition) is 5. The molecule has 31 heavy (non-hydrogen) atoms. The highest BCUT2D eigenvalue weighted by atomic mass is 16.5. The van der Waals surface area contributed by atoms with Gasteiger partial charge in [-0.2, -0.15) is 4.98 Å². The fourth-order valence-electron chi connectivity index (χ4n) is 3.87. The Labute approximate surface area is 181 Å².